The van der Waals surface area contributed by atoms with Crippen molar-refractivity contribution in [2.24, 2.45) is 0 Å². The van der Waals surface area contributed by atoms with E-state index in [0.717, 1.165) is 36.9 Å². The molecule has 0 atom stereocenters. The third kappa shape index (κ3) is 6.43. The van der Waals surface area contributed by atoms with Gasteiger partial charge in [0.25, 0.3) is 0 Å². The summed E-state index contributed by atoms with van der Waals surface area (Å²) in [5.74, 6) is -0.873. The summed E-state index contributed by atoms with van der Waals surface area (Å²) in [6.07, 6.45) is 4.62. The minimum absolute atomic E-state index is 0.0104. The van der Waals surface area contributed by atoms with Gasteiger partial charge < -0.3 is 10.0 Å². The first kappa shape index (κ1) is 17.2. The summed E-state index contributed by atoms with van der Waals surface area (Å²) in [6, 6.07) is 7.63. The molecule has 0 aliphatic heterocycles. The topological polar surface area (TPSA) is 57.6 Å². The lowest BCUT2D eigenvalue weighted by molar-refractivity contribution is -0.136. The highest BCUT2D eigenvalue weighted by Crippen LogP contribution is 2.18. The predicted molar refractivity (Wildman–Crippen MR) is 84.5 cm³/mol. The number of rotatable bonds is 9. The third-order valence-corrected chi connectivity index (χ3v) is 3.44. The molecule has 1 rings (SSSR count). The molecule has 1 aromatic carbocycles. The van der Waals surface area contributed by atoms with Crippen LogP contribution in [0.25, 0.3) is 0 Å². The van der Waals surface area contributed by atoms with Crippen LogP contribution in [0.4, 0.5) is 5.69 Å². The van der Waals surface area contributed by atoms with Crippen molar-refractivity contribution >= 4 is 17.6 Å². The largest absolute Gasteiger partial charge is 0.481 e. The lowest BCUT2D eigenvalue weighted by atomic mass is 10.1. The van der Waals surface area contributed by atoms with Crippen LogP contribution < -0.4 is 4.90 Å². The first-order chi connectivity index (χ1) is 10.0. The van der Waals surface area contributed by atoms with E-state index in [1.54, 1.807) is 4.90 Å². The number of carboxylic acid groups (broad SMARTS) is 1. The Labute approximate surface area is 126 Å². The van der Waals surface area contributed by atoms with Crippen LogP contribution in [-0.2, 0) is 9.59 Å². The van der Waals surface area contributed by atoms with Gasteiger partial charge in [-0.25, -0.2) is 0 Å². The monoisotopic (exact) mass is 291 g/mol. The molecule has 4 nitrogen and oxygen atoms in total. The van der Waals surface area contributed by atoms with Crippen molar-refractivity contribution in [1.82, 2.24) is 0 Å². The van der Waals surface area contributed by atoms with E-state index in [1.165, 1.54) is 0 Å². The van der Waals surface area contributed by atoms with Crippen molar-refractivity contribution < 1.29 is 14.7 Å². The van der Waals surface area contributed by atoms with Gasteiger partial charge in [-0.15, -0.1) is 0 Å². The maximum absolute atomic E-state index is 12.3. The molecule has 0 bridgehead atoms. The minimum atomic E-state index is -0.883. The van der Waals surface area contributed by atoms with Gasteiger partial charge in [0.15, 0.2) is 0 Å². The molecule has 0 spiro atoms. The Hall–Kier alpha value is -1.84. The molecular formula is C17H25NO3. The maximum atomic E-state index is 12.3. The summed E-state index contributed by atoms with van der Waals surface area (Å²) in [7, 11) is 0. The van der Waals surface area contributed by atoms with Gasteiger partial charge in [-0.2, -0.15) is 0 Å². The normalized spacial score (nSPS) is 10.4. The Morgan fingerprint density at radius 2 is 1.71 bits per heavy atom. The third-order valence-electron chi connectivity index (χ3n) is 3.44. The molecule has 0 unspecified atom stereocenters. The van der Waals surface area contributed by atoms with Crippen LogP contribution in [0.2, 0.25) is 0 Å². The van der Waals surface area contributed by atoms with Gasteiger partial charge in [0.1, 0.15) is 0 Å². The van der Waals surface area contributed by atoms with Crippen molar-refractivity contribution in [3.63, 3.8) is 0 Å². The highest BCUT2D eigenvalue weighted by Gasteiger charge is 2.16. The molecule has 1 aromatic rings. The summed E-state index contributed by atoms with van der Waals surface area (Å²) < 4.78 is 0. The summed E-state index contributed by atoms with van der Waals surface area (Å²) in [5.41, 5.74) is 1.90. The van der Waals surface area contributed by atoms with Gasteiger partial charge in [0.2, 0.25) is 5.91 Å². The number of carboxylic acids is 1. The van der Waals surface area contributed by atoms with Crippen LogP contribution in [0.5, 0.6) is 0 Å². The van der Waals surface area contributed by atoms with Crippen molar-refractivity contribution in [1.29, 1.82) is 0 Å². The first-order valence-corrected chi connectivity index (χ1v) is 7.63. The SMILES string of the molecule is CCCCCCC(=O)N(CCC(=O)O)c1ccc(C)cc1. The van der Waals surface area contributed by atoms with Gasteiger partial charge in [-0.3, -0.25) is 9.59 Å². The lowest BCUT2D eigenvalue weighted by Gasteiger charge is -2.22. The average Bonchev–Trinajstić information content (AvgIpc) is 2.45. The zero-order valence-electron chi connectivity index (χ0n) is 13.0. The van der Waals surface area contributed by atoms with Crippen LogP contribution >= 0.6 is 0 Å². The maximum Gasteiger partial charge on any atom is 0.305 e. The molecule has 21 heavy (non-hydrogen) atoms. The molecule has 0 aliphatic carbocycles. The number of carbonyl (C=O) groups excluding carboxylic acids is 1. The minimum Gasteiger partial charge on any atom is -0.481 e. The molecule has 1 amide bonds. The van der Waals surface area contributed by atoms with Gasteiger partial charge in [-0.1, -0.05) is 43.9 Å². The van der Waals surface area contributed by atoms with Gasteiger partial charge >= 0.3 is 5.97 Å². The number of benzene rings is 1. The Morgan fingerprint density at radius 3 is 2.29 bits per heavy atom. The highest BCUT2D eigenvalue weighted by atomic mass is 16.4. The Balaban J connectivity index is 2.69. The van der Waals surface area contributed by atoms with Crippen LogP contribution in [0.1, 0.15) is 51.0 Å². The Bertz CT molecular complexity index is 454. The molecule has 116 valence electrons. The van der Waals surface area contributed by atoms with E-state index in [4.69, 9.17) is 5.11 Å². The number of aryl methyl sites for hydroxylation is 1. The molecule has 0 aromatic heterocycles. The second-order valence-electron chi connectivity index (χ2n) is 5.34. The zero-order chi connectivity index (χ0) is 15.7. The second-order valence-corrected chi connectivity index (χ2v) is 5.34. The zero-order valence-corrected chi connectivity index (χ0v) is 13.0. The van der Waals surface area contributed by atoms with E-state index in [0.29, 0.717) is 6.42 Å². The molecule has 1 N–H and O–H groups in total. The molecule has 0 saturated carbocycles. The molecule has 0 fully saturated rings. The van der Waals surface area contributed by atoms with Gasteiger partial charge in [-0.05, 0) is 25.5 Å². The Morgan fingerprint density at radius 1 is 1.05 bits per heavy atom. The molecule has 0 saturated heterocycles. The number of unbranched alkanes of at least 4 members (excludes halogenated alkanes) is 3. The summed E-state index contributed by atoms with van der Waals surface area (Å²) in [5, 5.41) is 8.84. The number of amides is 1. The van der Waals surface area contributed by atoms with Crippen LogP contribution in [0, 0.1) is 6.92 Å². The van der Waals surface area contributed by atoms with E-state index in [2.05, 4.69) is 6.92 Å². The van der Waals surface area contributed by atoms with E-state index in [-0.39, 0.29) is 18.9 Å². The average molecular weight is 291 g/mol. The quantitative estimate of drug-likeness (QED) is 0.704. The van der Waals surface area contributed by atoms with E-state index in [9.17, 15) is 9.59 Å². The highest BCUT2D eigenvalue weighted by molar-refractivity contribution is 5.93. The van der Waals surface area contributed by atoms with Crippen LogP contribution in [-0.4, -0.2) is 23.5 Å². The number of carbonyl (C=O) groups is 2. The molecule has 0 radical (unpaired) electrons. The van der Waals surface area contributed by atoms with E-state index >= 15 is 0 Å². The number of anilines is 1. The van der Waals surface area contributed by atoms with Gasteiger partial charge in [0, 0.05) is 18.7 Å². The fourth-order valence-corrected chi connectivity index (χ4v) is 2.17. The van der Waals surface area contributed by atoms with Crippen LogP contribution in [0.15, 0.2) is 24.3 Å². The van der Waals surface area contributed by atoms with E-state index < -0.39 is 5.97 Å². The number of hydrogen-bond acceptors (Lipinski definition) is 2. The first-order valence-electron chi connectivity index (χ1n) is 7.63. The number of aliphatic carboxylic acids is 1. The molecule has 0 heterocycles. The fourth-order valence-electron chi connectivity index (χ4n) is 2.17. The molecule has 4 heteroatoms. The Kier molecular flexibility index (Phi) is 7.51. The van der Waals surface area contributed by atoms with Crippen molar-refractivity contribution in [3.05, 3.63) is 29.8 Å². The lowest BCUT2D eigenvalue weighted by Crippen LogP contribution is -2.32. The predicted octanol–water partition coefficient (Wildman–Crippen LogP) is 3.77. The number of hydrogen-bond donors (Lipinski definition) is 1. The smallest absolute Gasteiger partial charge is 0.305 e. The van der Waals surface area contributed by atoms with E-state index in [1.807, 2.05) is 31.2 Å². The van der Waals surface area contributed by atoms with Crippen LogP contribution in [0.3, 0.4) is 0 Å². The fraction of sp³-hybridized carbons (Fsp3) is 0.529. The summed E-state index contributed by atoms with van der Waals surface area (Å²) in [6.45, 7) is 4.34. The summed E-state index contributed by atoms with van der Waals surface area (Å²) >= 11 is 0. The molecule has 0 aliphatic rings. The van der Waals surface area contributed by atoms with Crippen molar-refractivity contribution in [3.8, 4) is 0 Å². The van der Waals surface area contributed by atoms with Crippen molar-refractivity contribution in [2.45, 2.75) is 52.4 Å². The second kappa shape index (κ2) is 9.16. The standard InChI is InChI=1S/C17H25NO3/c1-3-4-5-6-7-16(19)18(13-12-17(20)21)15-10-8-14(2)9-11-15/h8-11H,3-7,12-13H2,1-2H3,(H,20,21). The summed E-state index contributed by atoms with van der Waals surface area (Å²) in [4.78, 5) is 24.7. The molecular weight excluding hydrogens is 266 g/mol. The number of nitrogens with zero attached hydrogens (tertiary/aromatic N) is 1. The van der Waals surface area contributed by atoms with Gasteiger partial charge in [0.05, 0.1) is 6.42 Å². The van der Waals surface area contributed by atoms with Crippen molar-refractivity contribution in [2.75, 3.05) is 11.4 Å².